The van der Waals surface area contributed by atoms with Crippen LogP contribution in [-0.4, -0.2) is 16.1 Å². The van der Waals surface area contributed by atoms with Gasteiger partial charge in [0.15, 0.2) is 5.69 Å². The molecule has 0 spiro atoms. The predicted molar refractivity (Wildman–Crippen MR) is 90.4 cm³/mol. The Balaban J connectivity index is 1.52. The third-order valence-electron chi connectivity index (χ3n) is 3.49. The summed E-state index contributed by atoms with van der Waals surface area (Å²) in [6.07, 6.45) is 1.62. The van der Waals surface area contributed by atoms with Gasteiger partial charge in [0.1, 0.15) is 11.6 Å². The number of aromatic nitrogens is 2. The van der Waals surface area contributed by atoms with Crippen LogP contribution in [-0.2, 0) is 13.1 Å². The second-order valence-electron chi connectivity index (χ2n) is 5.41. The molecule has 2 aromatic heterocycles. The van der Waals surface area contributed by atoms with Crippen molar-refractivity contribution in [3.63, 3.8) is 0 Å². The van der Waals surface area contributed by atoms with Gasteiger partial charge in [-0.25, -0.2) is 0 Å². The lowest BCUT2D eigenvalue weighted by molar-refractivity contribution is 0.0945. The Morgan fingerprint density at radius 2 is 1.88 bits per heavy atom. The van der Waals surface area contributed by atoms with Gasteiger partial charge in [-0.1, -0.05) is 29.8 Å². The molecule has 0 fully saturated rings. The first-order valence-electron chi connectivity index (χ1n) is 7.64. The zero-order valence-electron chi connectivity index (χ0n) is 13.3. The number of benzene rings is 1. The maximum Gasteiger partial charge on any atom is 0.272 e. The number of nitrogens with one attached hydrogen (secondary N) is 2. The molecule has 0 unspecified atom stereocenters. The number of furan rings is 1. The largest absolute Gasteiger partial charge is 0.467 e. The first-order chi connectivity index (χ1) is 11.7. The number of aryl methyl sites for hydroxylation is 1. The molecule has 6 nitrogen and oxygen atoms in total. The van der Waals surface area contributed by atoms with Crippen LogP contribution in [0.5, 0.6) is 0 Å². The molecule has 6 heteroatoms. The first kappa shape index (κ1) is 15.7. The lowest BCUT2D eigenvalue weighted by Gasteiger charge is -2.06. The maximum atomic E-state index is 12.1. The van der Waals surface area contributed by atoms with Gasteiger partial charge in [-0.2, -0.15) is 0 Å². The molecule has 1 aromatic carbocycles. The van der Waals surface area contributed by atoms with Gasteiger partial charge in [0.05, 0.1) is 12.8 Å². The van der Waals surface area contributed by atoms with Gasteiger partial charge in [0, 0.05) is 6.54 Å². The second-order valence-corrected chi connectivity index (χ2v) is 5.41. The van der Waals surface area contributed by atoms with Crippen molar-refractivity contribution >= 4 is 11.7 Å². The van der Waals surface area contributed by atoms with E-state index in [1.165, 1.54) is 5.56 Å². The highest BCUT2D eigenvalue weighted by molar-refractivity contribution is 5.92. The van der Waals surface area contributed by atoms with Crippen molar-refractivity contribution in [1.29, 1.82) is 0 Å². The van der Waals surface area contributed by atoms with E-state index in [0.29, 0.717) is 18.9 Å². The van der Waals surface area contributed by atoms with E-state index in [0.717, 1.165) is 11.3 Å². The van der Waals surface area contributed by atoms with Gasteiger partial charge in [-0.15, -0.1) is 10.2 Å². The molecule has 0 aliphatic rings. The van der Waals surface area contributed by atoms with E-state index in [-0.39, 0.29) is 11.6 Å². The molecule has 0 aliphatic carbocycles. The molecule has 0 radical (unpaired) electrons. The minimum atomic E-state index is -0.249. The molecule has 2 N–H and O–H groups in total. The van der Waals surface area contributed by atoms with Crippen LogP contribution in [0, 0.1) is 6.92 Å². The van der Waals surface area contributed by atoms with Gasteiger partial charge in [-0.3, -0.25) is 4.79 Å². The molecule has 24 heavy (non-hydrogen) atoms. The minimum absolute atomic E-state index is 0.249. The van der Waals surface area contributed by atoms with Gasteiger partial charge in [0.2, 0.25) is 0 Å². The zero-order chi connectivity index (χ0) is 16.8. The summed E-state index contributed by atoms with van der Waals surface area (Å²) in [6.45, 7) is 3.00. The van der Waals surface area contributed by atoms with Crippen molar-refractivity contribution in [2.75, 3.05) is 5.32 Å². The summed E-state index contributed by atoms with van der Waals surface area (Å²) in [4.78, 5) is 12.1. The minimum Gasteiger partial charge on any atom is -0.467 e. The topological polar surface area (TPSA) is 80.0 Å². The Bertz CT molecular complexity index is 781. The second kappa shape index (κ2) is 7.41. The third kappa shape index (κ3) is 4.19. The highest BCUT2D eigenvalue weighted by atomic mass is 16.3. The summed E-state index contributed by atoms with van der Waals surface area (Å²) in [5.41, 5.74) is 2.51. The molecule has 122 valence electrons. The lowest BCUT2D eigenvalue weighted by atomic mass is 10.1. The summed E-state index contributed by atoms with van der Waals surface area (Å²) < 4.78 is 5.22. The van der Waals surface area contributed by atoms with E-state index in [2.05, 4.69) is 20.8 Å². The molecule has 1 amide bonds. The van der Waals surface area contributed by atoms with Crippen LogP contribution < -0.4 is 10.6 Å². The number of hydrogen-bond donors (Lipinski definition) is 2. The molecule has 3 rings (SSSR count). The number of hydrogen-bond acceptors (Lipinski definition) is 5. The molecule has 0 saturated carbocycles. The molecule has 2 heterocycles. The quantitative estimate of drug-likeness (QED) is 0.729. The number of carbonyl (C=O) groups is 1. The lowest BCUT2D eigenvalue weighted by Crippen LogP contribution is -2.24. The Hall–Kier alpha value is -3.15. The SMILES string of the molecule is Cc1ccc(CNC(=O)c2ccc(NCc3ccco3)nn2)cc1. The van der Waals surface area contributed by atoms with Gasteiger partial charge < -0.3 is 15.1 Å². The van der Waals surface area contributed by atoms with Crippen LogP contribution in [0.25, 0.3) is 0 Å². The van der Waals surface area contributed by atoms with E-state index in [9.17, 15) is 4.79 Å². The van der Waals surface area contributed by atoms with E-state index in [4.69, 9.17) is 4.42 Å². The normalized spacial score (nSPS) is 10.4. The molecule has 0 saturated heterocycles. The first-order valence-corrected chi connectivity index (χ1v) is 7.64. The summed E-state index contributed by atoms with van der Waals surface area (Å²) in [6, 6.07) is 15.1. The average Bonchev–Trinajstić information content (AvgIpc) is 3.13. The monoisotopic (exact) mass is 322 g/mol. The summed E-state index contributed by atoms with van der Waals surface area (Å²) in [7, 11) is 0. The molecular weight excluding hydrogens is 304 g/mol. The van der Waals surface area contributed by atoms with Crippen LogP contribution in [0.2, 0.25) is 0 Å². The molecule has 0 atom stereocenters. The van der Waals surface area contributed by atoms with Crippen molar-refractivity contribution in [2.24, 2.45) is 0 Å². The number of anilines is 1. The van der Waals surface area contributed by atoms with Crippen LogP contribution in [0.3, 0.4) is 0 Å². The smallest absolute Gasteiger partial charge is 0.272 e. The number of rotatable bonds is 6. The molecule has 3 aromatic rings. The fraction of sp³-hybridized carbons (Fsp3) is 0.167. The summed E-state index contributed by atoms with van der Waals surface area (Å²) in [5.74, 6) is 1.14. The number of carbonyl (C=O) groups excluding carboxylic acids is 1. The zero-order valence-corrected chi connectivity index (χ0v) is 13.3. The van der Waals surface area contributed by atoms with Crippen molar-refractivity contribution < 1.29 is 9.21 Å². The fourth-order valence-electron chi connectivity index (χ4n) is 2.12. The van der Waals surface area contributed by atoms with Gasteiger partial charge in [0.25, 0.3) is 5.91 Å². The van der Waals surface area contributed by atoms with Crippen molar-refractivity contribution in [3.8, 4) is 0 Å². The highest BCUT2D eigenvalue weighted by Gasteiger charge is 2.08. The standard InChI is InChI=1S/C18H18N4O2/c1-13-4-6-14(7-5-13)11-20-18(23)16-8-9-17(22-21-16)19-12-15-3-2-10-24-15/h2-10H,11-12H2,1H3,(H,19,22)(H,20,23). The van der Waals surface area contributed by atoms with E-state index in [1.54, 1.807) is 18.4 Å². The Morgan fingerprint density at radius 3 is 2.54 bits per heavy atom. The van der Waals surface area contributed by atoms with Crippen LogP contribution in [0.15, 0.2) is 59.2 Å². The number of amides is 1. The predicted octanol–water partition coefficient (Wildman–Crippen LogP) is 2.92. The third-order valence-corrected chi connectivity index (χ3v) is 3.49. The number of nitrogens with zero attached hydrogens (tertiary/aromatic N) is 2. The summed E-state index contributed by atoms with van der Waals surface area (Å²) in [5, 5.41) is 13.9. The molecular formula is C18H18N4O2. The van der Waals surface area contributed by atoms with Crippen molar-refractivity contribution in [2.45, 2.75) is 20.0 Å². The molecule has 0 aliphatic heterocycles. The Morgan fingerprint density at radius 1 is 1.04 bits per heavy atom. The van der Waals surface area contributed by atoms with Crippen LogP contribution in [0.1, 0.15) is 27.4 Å². The van der Waals surface area contributed by atoms with Gasteiger partial charge >= 0.3 is 0 Å². The summed E-state index contributed by atoms with van der Waals surface area (Å²) >= 11 is 0. The highest BCUT2D eigenvalue weighted by Crippen LogP contribution is 2.07. The van der Waals surface area contributed by atoms with Crippen LogP contribution in [0.4, 0.5) is 5.82 Å². The fourth-order valence-corrected chi connectivity index (χ4v) is 2.12. The average molecular weight is 322 g/mol. The maximum absolute atomic E-state index is 12.1. The van der Waals surface area contributed by atoms with E-state index < -0.39 is 0 Å². The van der Waals surface area contributed by atoms with Crippen molar-refractivity contribution in [1.82, 2.24) is 15.5 Å². The Kier molecular flexibility index (Phi) is 4.86. The van der Waals surface area contributed by atoms with Crippen molar-refractivity contribution in [3.05, 3.63) is 77.4 Å². The Labute approximate surface area is 139 Å². The van der Waals surface area contributed by atoms with Crippen LogP contribution >= 0.6 is 0 Å². The molecule has 0 bridgehead atoms. The van der Waals surface area contributed by atoms with E-state index in [1.807, 2.05) is 43.3 Å². The van der Waals surface area contributed by atoms with E-state index >= 15 is 0 Å². The van der Waals surface area contributed by atoms with Gasteiger partial charge in [-0.05, 0) is 36.8 Å².